The molecule has 0 radical (unpaired) electrons. The second-order valence-corrected chi connectivity index (χ2v) is 5.74. The Morgan fingerprint density at radius 1 is 1.39 bits per heavy atom. The fraction of sp³-hybridized carbons (Fsp3) is 0.692. The molecule has 0 bridgehead atoms. The van der Waals surface area contributed by atoms with Crippen molar-refractivity contribution >= 4 is 5.82 Å². The lowest BCUT2D eigenvalue weighted by atomic mass is 9.88. The first-order chi connectivity index (χ1) is 8.33. The number of nitrogens with one attached hydrogen (secondary N) is 1. The lowest BCUT2D eigenvalue weighted by Gasteiger charge is -2.23. The molecule has 1 aromatic heterocycles. The maximum absolute atomic E-state index is 13.8. The van der Waals surface area contributed by atoms with E-state index >= 15 is 0 Å². The summed E-state index contributed by atoms with van der Waals surface area (Å²) in [6.45, 7) is 8.77. The van der Waals surface area contributed by atoms with Gasteiger partial charge in [-0.15, -0.1) is 0 Å². The molecule has 0 fully saturated rings. The van der Waals surface area contributed by atoms with Crippen molar-refractivity contribution < 1.29 is 4.39 Å². The molecule has 0 aromatic carbocycles. The Kier molecular flexibility index (Phi) is 5.02. The van der Waals surface area contributed by atoms with E-state index in [1.807, 2.05) is 6.92 Å². The zero-order valence-electron chi connectivity index (χ0n) is 11.6. The highest BCUT2D eigenvalue weighted by Gasteiger charge is 2.16. The third-order valence-corrected chi connectivity index (χ3v) is 2.60. The summed E-state index contributed by atoms with van der Waals surface area (Å²) in [6.07, 6.45) is 2.80. The molecular formula is C13H23FN4. The summed E-state index contributed by atoms with van der Waals surface area (Å²) in [5.41, 5.74) is 6.59. The quantitative estimate of drug-likeness (QED) is 0.846. The minimum Gasteiger partial charge on any atom is -0.366 e. The number of aryl methyl sites for hydroxylation is 1. The van der Waals surface area contributed by atoms with Crippen LogP contribution in [0.3, 0.4) is 0 Å². The molecule has 1 atom stereocenters. The minimum atomic E-state index is -0.372. The molecule has 102 valence electrons. The smallest absolute Gasteiger partial charge is 0.186 e. The fourth-order valence-electron chi connectivity index (χ4n) is 1.86. The average molecular weight is 254 g/mol. The number of rotatable bonds is 5. The van der Waals surface area contributed by atoms with Gasteiger partial charge in [-0.25, -0.2) is 14.4 Å². The van der Waals surface area contributed by atoms with Gasteiger partial charge in [0.2, 0.25) is 0 Å². The fourth-order valence-corrected chi connectivity index (χ4v) is 1.86. The van der Waals surface area contributed by atoms with Gasteiger partial charge in [0.25, 0.3) is 0 Å². The van der Waals surface area contributed by atoms with Crippen molar-refractivity contribution in [1.29, 1.82) is 0 Å². The van der Waals surface area contributed by atoms with Crippen molar-refractivity contribution in [3.8, 4) is 0 Å². The molecule has 3 N–H and O–H groups in total. The SMILES string of the molecule is CCc1ncnc(NCC(N)CC(C)(C)C)c1F. The van der Waals surface area contributed by atoms with Gasteiger partial charge in [-0.05, 0) is 18.3 Å². The summed E-state index contributed by atoms with van der Waals surface area (Å²) >= 11 is 0. The number of halogens is 1. The van der Waals surface area contributed by atoms with Crippen LogP contribution in [0.15, 0.2) is 6.33 Å². The van der Waals surface area contributed by atoms with E-state index in [2.05, 4.69) is 36.1 Å². The molecule has 0 aliphatic rings. The highest BCUT2D eigenvalue weighted by atomic mass is 19.1. The van der Waals surface area contributed by atoms with Crippen LogP contribution in [0.25, 0.3) is 0 Å². The zero-order valence-corrected chi connectivity index (χ0v) is 11.6. The van der Waals surface area contributed by atoms with Gasteiger partial charge in [-0.1, -0.05) is 27.7 Å². The molecule has 18 heavy (non-hydrogen) atoms. The lowest BCUT2D eigenvalue weighted by Crippen LogP contribution is -2.33. The first kappa shape index (κ1) is 14.8. The van der Waals surface area contributed by atoms with E-state index in [0.29, 0.717) is 18.7 Å². The molecule has 4 nitrogen and oxygen atoms in total. The van der Waals surface area contributed by atoms with Crippen LogP contribution in [-0.4, -0.2) is 22.6 Å². The van der Waals surface area contributed by atoms with Gasteiger partial charge in [-0.3, -0.25) is 0 Å². The van der Waals surface area contributed by atoms with E-state index in [1.165, 1.54) is 6.33 Å². The first-order valence-electron chi connectivity index (χ1n) is 6.32. The van der Waals surface area contributed by atoms with Gasteiger partial charge in [0.05, 0.1) is 5.69 Å². The Morgan fingerprint density at radius 2 is 2.06 bits per heavy atom. The molecule has 5 heteroatoms. The molecule has 1 rings (SSSR count). The molecule has 1 unspecified atom stereocenters. The normalized spacial score (nSPS) is 13.4. The van der Waals surface area contributed by atoms with E-state index in [0.717, 1.165) is 6.42 Å². The number of nitrogens with two attached hydrogens (primary N) is 1. The van der Waals surface area contributed by atoms with Crippen LogP contribution in [0.2, 0.25) is 0 Å². The molecule has 0 aliphatic carbocycles. The summed E-state index contributed by atoms with van der Waals surface area (Å²) in [4.78, 5) is 7.79. The van der Waals surface area contributed by atoms with Crippen LogP contribution in [0.4, 0.5) is 10.2 Å². The monoisotopic (exact) mass is 254 g/mol. The van der Waals surface area contributed by atoms with Gasteiger partial charge < -0.3 is 11.1 Å². The predicted octanol–water partition coefficient (Wildman–Crippen LogP) is 2.35. The molecule has 1 aromatic rings. The number of aromatic nitrogens is 2. The van der Waals surface area contributed by atoms with Crippen LogP contribution in [0.1, 0.15) is 39.8 Å². The van der Waals surface area contributed by atoms with Crippen molar-refractivity contribution in [2.24, 2.45) is 11.1 Å². The van der Waals surface area contributed by atoms with Crippen LogP contribution >= 0.6 is 0 Å². The Balaban J connectivity index is 2.58. The van der Waals surface area contributed by atoms with Crippen LogP contribution < -0.4 is 11.1 Å². The minimum absolute atomic E-state index is 0.0237. The van der Waals surface area contributed by atoms with Crippen molar-refractivity contribution in [2.45, 2.75) is 46.6 Å². The zero-order chi connectivity index (χ0) is 13.8. The molecule has 0 amide bonds. The maximum Gasteiger partial charge on any atom is 0.186 e. The summed E-state index contributed by atoms with van der Waals surface area (Å²) < 4.78 is 13.8. The topological polar surface area (TPSA) is 63.8 Å². The molecule has 0 saturated heterocycles. The highest BCUT2D eigenvalue weighted by molar-refractivity contribution is 5.37. The molecule has 0 saturated carbocycles. The van der Waals surface area contributed by atoms with Gasteiger partial charge in [-0.2, -0.15) is 0 Å². The Hall–Kier alpha value is -1.23. The first-order valence-corrected chi connectivity index (χ1v) is 6.32. The number of hydrogen-bond donors (Lipinski definition) is 2. The third-order valence-electron chi connectivity index (χ3n) is 2.60. The van der Waals surface area contributed by atoms with Crippen molar-refractivity contribution in [1.82, 2.24) is 9.97 Å². The van der Waals surface area contributed by atoms with Crippen LogP contribution in [-0.2, 0) is 6.42 Å². The Morgan fingerprint density at radius 3 is 2.61 bits per heavy atom. The van der Waals surface area contributed by atoms with Crippen LogP contribution in [0, 0.1) is 11.2 Å². The van der Waals surface area contributed by atoms with Gasteiger partial charge in [0, 0.05) is 12.6 Å². The van der Waals surface area contributed by atoms with Gasteiger partial charge >= 0.3 is 0 Å². The average Bonchev–Trinajstić information content (AvgIpc) is 2.25. The van der Waals surface area contributed by atoms with Crippen molar-refractivity contribution in [3.05, 3.63) is 17.8 Å². The summed E-state index contributed by atoms with van der Waals surface area (Å²) in [6, 6.07) is -0.0237. The van der Waals surface area contributed by atoms with E-state index in [9.17, 15) is 4.39 Å². The summed E-state index contributed by atoms with van der Waals surface area (Å²) in [5.74, 6) is -0.130. The van der Waals surface area contributed by atoms with Crippen molar-refractivity contribution in [2.75, 3.05) is 11.9 Å². The molecule has 0 spiro atoms. The predicted molar refractivity (Wildman–Crippen MR) is 71.9 cm³/mol. The summed E-state index contributed by atoms with van der Waals surface area (Å²) in [7, 11) is 0. The second-order valence-electron chi connectivity index (χ2n) is 5.74. The van der Waals surface area contributed by atoms with E-state index < -0.39 is 0 Å². The largest absolute Gasteiger partial charge is 0.366 e. The molecule has 0 aliphatic heterocycles. The van der Waals surface area contributed by atoms with Gasteiger partial charge in [0.1, 0.15) is 6.33 Å². The van der Waals surface area contributed by atoms with Gasteiger partial charge in [0.15, 0.2) is 11.6 Å². The number of anilines is 1. The number of nitrogens with zero attached hydrogens (tertiary/aromatic N) is 2. The number of hydrogen-bond acceptors (Lipinski definition) is 4. The lowest BCUT2D eigenvalue weighted by molar-refractivity contribution is 0.344. The summed E-state index contributed by atoms with van der Waals surface area (Å²) in [5, 5.41) is 2.96. The van der Waals surface area contributed by atoms with E-state index in [4.69, 9.17) is 5.73 Å². The second kappa shape index (κ2) is 6.09. The Bertz CT molecular complexity index is 387. The van der Waals surface area contributed by atoms with Crippen LogP contribution in [0.5, 0.6) is 0 Å². The Labute approximate surface area is 108 Å². The van der Waals surface area contributed by atoms with Crippen molar-refractivity contribution in [3.63, 3.8) is 0 Å². The third kappa shape index (κ3) is 4.56. The molecular weight excluding hydrogens is 231 g/mol. The van der Waals surface area contributed by atoms with E-state index in [1.54, 1.807) is 0 Å². The standard InChI is InChI=1S/C13H23FN4/c1-5-10-11(14)12(18-8-17-10)16-7-9(15)6-13(2,3)4/h8-9H,5-7,15H2,1-4H3,(H,16,17,18). The van der Waals surface area contributed by atoms with E-state index in [-0.39, 0.29) is 23.1 Å². The maximum atomic E-state index is 13.8. The highest BCUT2D eigenvalue weighted by Crippen LogP contribution is 2.20. The molecule has 1 heterocycles.